The number of oxazole rings is 1. The molecule has 1 atom stereocenters. The number of aromatic nitrogens is 1. The van der Waals surface area contributed by atoms with Crippen LogP contribution in [0.5, 0.6) is 0 Å². The molecule has 0 bridgehead atoms. The van der Waals surface area contributed by atoms with Gasteiger partial charge in [-0.25, -0.2) is 4.98 Å². The fourth-order valence-electron chi connectivity index (χ4n) is 2.67. The molecule has 8 heteroatoms. The molecule has 2 aromatic rings. The molecule has 1 aliphatic heterocycles. The first kappa shape index (κ1) is 16.7. The number of carbonyl (C=O) groups excluding carboxylic acids is 1. The highest BCUT2D eigenvalue weighted by atomic mass is 32.1. The third-order valence-electron chi connectivity index (χ3n) is 3.85. The van der Waals surface area contributed by atoms with Crippen molar-refractivity contribution in [2.75, 3.05) is 19.7 Å². The third-order valence-corrected chi connectivity index (χ3v) is 4.71. The van der Waals surface area contributed by atoms with Gasteiger partial charge < -0.3 is 19.2 Å². The summed E-state index contributed by atoms with van der Waals surface area (Å²) in [4.78, 5) is 30.1. The third kappa shape index (κ3) is 3.82. The normalized spacial score (nSPS) is 17.1. The molecule has 2 aromatic heterocycles. The second kappa shape index (κ2) is 7.59. The van der Waals surface area contributed by atoms with Crippen LogP contribution >= 0.6 is 11.3 Å². The summed E-state index contributed by atoms with van der Waals surface area (Å²) in [6.07, 6.45) is 2.89. The molecular weight excluding hydrogens is 332 g/mol. The van der Waals surface area contributed by atoms with E-state index in [2.05, 4.69) is 4.98 Å². The Hall–Kier alpha value is -2.19. The zero-order chi connectivity index (χ0) is 16.9. The zero-order valence-electron chi connectivity index (χ0n) is 13.0. The van der Waals surface area contributed by atoms with Gasteiger partial charge in [-0.1, -0.05) is 6.07 Å². The Morgan fingerprint density at radius 3 is 3.00 bits per heavy atom. The summed E-state index contributed by atoms with van der Waals surface area (Å²) in [7, 11) is 0. The molecule has 0 aliphatic carbocycles. The molecule has 24 heavy (non-hydrogen) atoms. The van der Waals surface area contributed by atoms with Crippen molar-refractivity contribution in [1.82, 2.24) is 9.88 Å². The van der Waals surface area contributed by atoms with E-state index in [1.807, 2.05) is 17.5 Å². The predicted octanol–water partition coefficient (Wildman–Crippen LogP) is 2.50. The number of hydrogen-bond donors (Lipinski definition) is 1. The van der Waals surface area contributed by atoms with E-state index in [1.54, 1.807) is 0 Å². The lowest BCUT2D eigenvalue weighted by Crippen LogP contribution is -2.39. The fourth-order valence-corrected chi connectivity index (χ4v) is 3.38. The van der Waals surface area contributed by atoms with Crippen LogP contribution < -0.4 is 0 Å². The monoisotopic (exact) mass is 350 g/mol. The Bertz CT molecular complexity index is 691. The quantitative estimate of drug-likeness (QED) is 0.825. The molecule has 1 N–H and O–H groups in total. The molecule has 128 valence electrons. The summed E-state index contributed by atoms with van der Waals surface area (Å²) < 4.78 is 11.0. The van der Waals surface area contributed by atoms with Gasteiger partial charge in [0.25, 0.3) is 5.91 Å². The van der Waals surface area contributed by atoms with E-state index < -0.39 is 5.97 Å². The summed E-state index contributed by atoms with van der Waals surface area (Å²) in [5.41, 5.74) is 0.209. The van der Waals surface area contributed by atoms with Crippen molar-refractivity contribution in [3.05, 3.63) is 29.6 Å². The lowest BCUT2D eigenvalue weighted by Gasteiger charge is -2.24. The van der Waals surface area contributed by atoms with Crippen LogP contribution in [0.25, 0.3) is 10.6 Å². The molecule has 0 radical (unpaired) electrons. The summed E-state index contributed by atoms with van der Waals surface area (Å²) in [5.74, 6) is -0.856. The van der Waals surface area contributed by atoms with Crippen LogP contribution in [0.15, 0.2) is 28.3 Å². The number of carboxylic acids is 1. The van der Waals surface area contributed by atoms with Crippen molar-refractivity contribution in [2.45, 2.75) is 25.4 Å². The number of rotatable bonds is 7. The van der Waals surface area contributed by atoms with Gasteiger partial charge in [-0.05, 0) is 24.3 Å². The fraction of sp³-hybridized carbons (Fsp3) is 0.438. The lowest BCUT2D eigenvalue weighted by molar-refractivity contribution is -0.137. The van der Waals surface area contributed by atoms with Gasteiger partial charge >= 0.3 is 5.97 Å². The molecule has 3 rings (SSSR count). The van der Waals surface area contributed by atoms with Gasteiger partial charge in [0.2, 0.25) is 0 Å². The topological polar surface area (TPSA) is 92.9 Å². The maximum atomic E-state index is 12.9. The van der Waals surface area contributed by atoms with E-state index in [0.29, 0.717) is 18.9 Å². The highest BCUT2D eigenvalue weighted by Crippen LogP contribution is 2.28. The Balaban J connectivity index is 1.79. The first-order valence-corrected chi connectivity index (χ1v) is 8.63. The van der Waals surface area contributed by atoms with Crippen molar-refractivity contribution in [3.8, 4) is 10.6 Å². The largest absolute Gasteiger partial charge is 0.481 e. The number of carboxylic acid groups (broad SMARTS) is 1. The smallest absolute Gasteiger partial charge is 0.305 e. The van der Waals surface area contributed by atoms with Crippen molar-refractivity contribution in [1.29, 1.82) is 0 Å². The van der Waals surface area contributed by atoms with E-state index in [4.69, 9.17) is 14.3 Å². The molecule has 0 unspecified atom stereocenters. The first-order valence-electron chi connectivity index (χ1n) is 7.75. The zero-order valence-corrected chi connectivity index (χ0v) is 13.8. The first-order chi connectivity index (χ1) is 11.6. The van der Waals surface area contributed by atoms with Crippen LogP contribution in [0.2, 0.25) is 0 Å². The van der Waals surface area contributed by atoms with Crippen LogP contribution in [0.4, 0.5) is 0 Å². The summed E-state index contributed by atoms with van der Waals surface area (Å²) in [6.45, 7) is 1.16. The molecule has 1 fully saturated rings. The van der Waals surface area contributed by atoms with Gasteiger partial charge in [0, 0.05) is 19.7 Å². The van der Waals surface area contributed by atoms with Gasteiger partial charge in [0.1, 0.15) is 0 Å². The molecular formula is C16H18N2O5S. The minimum Gasteiger partial charge on any atom is -0.481 e. The summed E-state index contributed by atoms with van der Waals surface area (Å²) in [6, 6.07) is 3.72. The van der Waals surface area contributed by atoms with Crippen LogP contribution in [0.1, 0.15) is 29.8 Å². The summed E-state index contributed by atoms with van der Waals surface area (Å²) >= 11 is 1.45. The van der Waals surface area contributed by atoms with Crippen molar-refractivity contribution >= 4 is 23.2 Å². The van der Waals surface area contributed by atoms with Crippen LogP contribution in [0, 0.1) is 0 Å². The van der Waals surface area contributed by atoms with Crippen LogP contribution in [0.3, 0.4) is 0 Å². The second-order valence-electron chi connectivity index (χ2n) is 5.54. The molecule has 3 heterocycles. The average Bonchev–Trinajstić information content (AvgIpc) is 3.32. The van der Waals surface area contributed by atoms with Crippen LogP contribution in [-0.2, 0) is 9.53 Å². The van der Waals surface area contributed by atoms with Gasteiger partial charge in [0.15, 0.2) is 17.8 Å². The van der Waals surface area contributed by atoms with Gasteiger partial charge in [-0.2, -0.15) is 0 Å². The minimum absolute atomic E-state index is 0.0557. The highest BCUT2D eigenvalue weighted by Gasteiger charge is 2.28. The van der Waals surface area contributed by atoms with Crippen LogP contribution in [-0.4, -0.2) is 52.7 Å². The number of amides is 1. The molecule has 0 saturated carbocycles. The Morgan fingerprint density at radius 2 is 2.33 bits per heavy atom. The number of ether oxygens (including phenoxy) is 1. The number of aliphatic carboxylic acids is 1. The van der Waals surface area contributed by atoms with Crippen molar-refractivity contribution < 1.29 is 23.8 Å². The Labute approximate surface area is 142 Å². The number of hydrogen-bond acceptors (Lipinski definition) is 6. The van der Waals surface area contributed by atoms with E-state index in [1.165, 1.54) is 22.6 Å². The minimum atomic E-state index is -0.946. The predicted molar refractivity (Wildman–Crippen MR) is 86.9 cm³/mol. The average molecular weight is 350 g/mol. The molecule has 1 amide bonds. The molecule has 1 saturated heterocycles. The highest BCUT2D eigenvalue weighted by molar-refractivity contribution is 7.13. The van der Waals surface area contributed by atoms with Gasteiger partial charge in [0.05, 0.1) is 17.4 Å². The molecule has 1 aliphatic rings. The summed E-state index contributed by atoms with van der Waals surface area (Å²) in [5, 5.41) is 10.8. The second-order valence-corrected chi connectivity index (χ2v) is 6.49. The molecule has 0 aromatic carbocycles. The van der Waals surface area contributed by atoms with E-state index >= 15 is 0 Å². The lowest BCUT2D eigenvalue weighted by atomic mass is 10.2. The molecule has 0 spiro atoms. The van der Waals surface area contributed by atoms with Gasteiger partial charge in [-0.3, -0.25) is 9.59 Å². The Morgan fingerprint density at radius 1 is 1.46 bits per heavy atom. The van der Waals surface area contributed by atoms with E-state index in [-0.39, 0.29) is 30.7 Å². The number of nitrogens with zero attached hydrogens (tertiary/aromatic N) is 2. The standard InChI is InChI=1S/C16H18N2O5S/c19-13(20)5-6-18(9-11-3-1-7-22-11)16(21)14-15(23-10-17-14)12-4-2-8-24-12/h2,4,8,10-11H,1,3,5-7,9H2,(H,19,20)/t11-/m0/s1. The maximum Gasteiger partial charge on any atom is 0.305 e. The van der Waals surface area contributed by atoms with Gasteiger partial charge in [-0.15, -0.1) is 11.3 Å². The van der Waals surface area contributed by atoms with E-state index in [9.17, 15) is 9.59 Å². The number of thiophene rings is 1. The molecule has 7 nitrogen and oxygen atoms in total. The number of carbonyl (C=O) groups is 2. The maximum absolute atomic E-state index is 12.9. The Kier molecular flexibility index (Phi) is 5.27. The van der Waals surface area contributed by atoms with Crippen molar-refractivity contribution in [2.24, 2.45) is 0 Å². The van der Waals surface area contributed by atoms with E-state index in [0.717, 1.165) is 17.7 Å². The van der Waals surface area contributed by atoms with Crippen molar-refractivity contribution in [3.63, 3.8) is 0 Å². The SMILES string of the molecule is O=C(O)CCN(C[C@@H]1CCCO1)C(=O)c1ncoc1-c1cccs1.